The van der Waals surface area contributed by atoms with Crippen molar-refractivity contribution in [1.29, 1.82) is 0 Å². The number of aromatic nitrogens is 2. The van der Waals surface area contributed by atoms with Gasteiger partial charge in [-0.05, 0) is 48.6 Å². The Hall–Kier alpha value is -2.31. The molecule has 3 aromatic rings. The molecule has 0 radical (unpaired) electrons. The molecule has 0 amide bonds. The van der Waals surface area contributed by atoms with Crippen molar-refractivity contribution >= 4 is 8.25 Å². The van der Waals surface area contributed by atoms with Gasteiger partial charge in [0.25, 0.3) is 0 Å². The molecule has 7 nitrogen and oxygen atoms in total. The highest BCUT2D eigenvalue weighted by molar-refractivity contribution is 7.32. The van der Waals surface area contributed by atoms with E-state index in [1.165, 1.54) is 5.56 Å². The molecule has 2 aromatic carbocycles. The molecule has 1 heterocycles. The predicted molar refractivity (Wildman–Crippen MR) is 121 cm³/mol. The third-order valence-corrected chi connectivity index (χ3v) is 5.50. The maximum absolute atomic E-state index is 10.5. The second kappa shape index (κ2) is 12.5. The van der Waals surface area contributed by atoms with E-state index in [9.17, 15) is 4.57 Å². The van der Waals surface area contributed by atoms with E-state index in [1.54, 1.807) is 0 Å². The highest BCUT2D eigenvalue weighted by Crippen LogP contribution is 2.27. The van der Waals surface area contributed by atoms with Gasteiger partial charge in [-0.2, -0.15) is 0 Å². The molecule has 166 valence electrons. The summed E-state index contributed by atoms with van der Waals surface area (Å²) in [5.74, 6) is 1.57. The van der Waals surface area contributed by atoms with E-state index in [2.05, 4.69) is 51.2 Å². The Morgan fingerprint density at radius 2 is 1.90 bits per heavy atom. The first kappa shape index (κ1) is 23.4. The zero-order chi connectivity index (χ0) is 21.9. The van der Waals surface area contributed by atoms with Crippen LogP contribution in [-0.4, -0.2) is 28.2 Å². The molecule has 2 N–H and O–H groups in total. The van der Waals surface area contributed by atoms with Gasteiger partial charge in [-0.25, -0.2) is 0 Å². The lowest BCUT2D eigenvalue weighted by Gasteiger charge is -2.14. The lowest BCUT2D eigenvalue weighted by molar-refractivity contribution is 0.276. The fraction of sp³-hybridized carbons (Fsp3) is 0.391. The molecule has 0 aliphatic heterocycles. The van der Waals surface area contributed by atoms with Gasteiger partial charge < -0.3 is 19.2 Å². The molecule has 0 fully saturated rings. The van der Waals surface area contributed by atoms with E-state index in [-0.39, 0.29) is 6.61 Å². The van der Waals surface area contributed by atoms with Gasteiger partial charge in [-0.15, -0.1) is 10.2 Å². The van der Waals surface area contributed by atoms with E-state index >= 15 is 0 Å². The predicted octanol–water partition coefficient (Wildman–Crippen LogP) is 4.74. The summed E-state index contributed by atoms with van der Waals surface area (Å²) < 4.78 is 21.1. The maximum Gasteiger partial charge on any atom is 0.316 e. The summed E-state index contributed by atoms with van der Waals surface area (Å²) in [5.41, 5.74) is 3.33. The molecule has 3 rings (SSSR count). The molecule has 0 aliphatic carbocycles. The van der Waals surface area contributed by atoms with Gasteiger partial charge in [0.1, 0.15) is 0 Å². The van der Waals surface area contributed by atoms with E-state index in [0.717, 1.165) is 30.4 Å². The van der Waals surface area contributed by atoms with Crippen molar-refractivity contribution in [2.24, 2.45) is 0 Å². The Kier molecular flexibility index (Phi) is 9.43. The molecule has 0 bridgehead atoms. The van der Waals surface area contributed by atoms with Crippen LogP contribution in [0.25, 0.3) is 11.5 Å². The Labute approximate surface area is 183 Å². The first-order chi connectivity index (χ1) is 15.2. The van der Waals surface area contributed by atoms with Crippen LogP contribution >= 0.6 is 8.25 Å². The smallest absolute Gasteiger partial charge is 0.316 e. The molecule has 0 aliphatic rings. The van der Waals surface area contributed by atoms with Crippen molar-refractivity contribution in [3.63, 3.8) is 0 Å². The molecular weight excluding hydrogens is 413 g/mol. The lowest BCUT2D eigenvalue weighted by Crippen LogP contribution is -2.15. The van der Waals surface area contributed by atoms with Crippen LogP contribution in [0.3, 0.4) is 0 Å². The fourth-order valence-electron chi connectivity index (χ4n) is 3.48. The summed E-state index contributed by atoms with van der Waals surface area (Å²) >= 11 is 0. The van der Waals surface area contributed by atoms with Crippen molar-refractivity contribution in [2.75, 3.05) is 13.2 Å². The molecule has 0 saturated carbocycles. The quantitative estimate of drug-likeness (QED) is 0.291. The third kappa shape index (κ3) is 7.71. The maximum atomic E-state index is 10.5. The van der Waals surface area contributed by atoms with Crippen LogP contribution in [0.2, 0.25) is 0 Å². The molecular formula is C23H30N3O4P. The number of nitrogens with zero attached hydrogens (tertiary/aromatic N) is 2. The van der Waals surface area contributed by atoms with E-state index in [1.807, 2.05) is 30.3 Å². The Morgan fingerprint density at radius 1 is 1.13 bits per heavy atom. The highest BCUT2D eigenvalue weighted by atomic mass is 31.1. The Balaban J connectivity index is 1.52. The summed E-state index contributed by atoms with van der Waals surface area (Å²) in [7, 11) is -2.82. The molecule has 2 unspecified atom stereocenters. The second-order valence-electron chi connectivity index (χ2n) is 7.44. The summed E-state index contributed by atoms with van der Waals surface area (Å²) in [6.45, 7) is 3.89. The van der Waals surface area contributed by atoms with Gasteiger partial charge in [0, 0.05) is 18.5 Å². The van der Waals surface area contributed by atoms with Crippen molar-refractivity contribution in [3.8, 4) is 11.5 Å². The summed E-state index contributed by atoms with van der Waals surface area (Å²) in [4.78, 5) is 8.61. The van der Waals surface area contributed by atoms with Crippen molar-refractivity contribution in [3.05, 3.63) is 71.6 Å². The normalized spacial score (nSPS) is 13.2. The molecule has 2 atom stereocenters. The number of rotatable bonds is 13. The van der Waals surface area contributed by atoms with Crippen LogP contribution in [0.15, 0.2) is 59.0 Å². The first-order valence-electron chi connectivity index (χ1n) is 10.7. The van der Waals surface area contributed by atoms with Gasteiger partial charge >= 0.3 is 8.25 Å². The topological polar surface area (TPSA) is 97.5 Å². The third-order valence-electron chi connectivity index (χ3n) is 5.05. The average Bonchev–Trinajstić information content (AvgIpc) is 3.25. The molecule has 0 spiro atoms. The van der Waals surface area contributed by atoms with Gasteiger partial charge in [-0.3, -0.25) is 4.57 Å². The molecule has 0 saturated heterocycles. The minimum Gasteiger partial charge on any atom is -0.421 e. The number of hydrogen-bond acceptors (Lipinski definition) is 6. The zero-order valence-corrected chi connectivity index (χ0v) is 18.8. The molecule has 31 heavy (non-hydrogen) atoms. The van der Waals surface area contributed by atoms with E-state index in [4.69, 9.17) is 9.31 Å². The van der Waals surface area contributed by atoms with Crippen LogP contribution in [0.4, 0.5) is 0 Å². The van der Waals surface area contributed by atoms with E-state index < -0.39 is 8.25 Å². The van der Waals surface area contributed by atoms with Crippen LogP contribution in [0, 0.1) is 0 Å². The van der Waals surface area contributed by atoms with Gasteiger partial charge in [0.05, 0.1) is 6.61 Å². The SMILES string of the molecule is CCCC(Cc1nnc(-c2ccc(CNCCCO[PH](=O)O)cc2)o1)c1ccccc1. The fourth-order valence-corrected chi connectivity index (χ4v) is 3.80. The lowest BCUT2D eigenvalue weighted by atomic mass is 9.91. The summed E-state index contributed by atoms with van der Waals surface area (Å²) in [6.07, 6.45) is 3.60. The second-order valence-corrected chi connectivity index (χ2v) is 8.26. The number of nitrogens with one attached hydrogen (secondary N) is 1. The standard InChI is InChI=1S/C23H30N3O4P/c1-2-7-21(19-8-4-3-5-9-19)16-22-25-26-23(30-22)20-12-10-18(11-13-20)17-24-14-6-15-29-31(27)28/h3-5,8-13,21,24,31H,2,6-7,14-17H2,1H3,(H,27,28). The minimum atomic E-state index is -2.82. The minimum absolute atomic E-state index is 0.281. The monoisotopic (exact) mass is 443 g/mol. The van der Waals surface area contributed by atoms with Crippen LogP contribution < -0.4 is 5.32 Å². The van der Waals surface area contributed by atoms with Crippen LogP contribution in [0.5, 0.6) is 0 Å². The van der Waals surface area contributed by atoms with Crippen molar-refractivity contribution < 1.29 is 18.4 Å². The Morgan fingerprint density at radius 3 is 2.61 bits per heavy atom. The van der Waals surface area contributed by atoms with Gasteiger partial charge in [0.15, 0.2) is 0 Å². The van der Waals surface area contributed by atoms with Crippen LogP contribution in [-0.2, 0) is 22.1 Å². The van der Waals surface area contributed by atoms with Gasteiger partial charge in [0.2, 0.25) is 11.8 Å². The summed E-state index contributed by atoms with van der Waals surface area (Å²) in [6, 6.07) is 18.5. The first-order valence-corrected chi connectivity index (χ1v) is 11.9. The molecule has 1 aromatic heterocycles. The molecule has 8 heteroatoms. The van der Waals surface area contributed by atoms with Crippen molar-refractivity contribution in [1.82, 2.24) is 15.5 Å². The largest absolute Gasteiger partial charge is 0.421 e. The van der Waals surface area contributed by atoms with Crippen molar-refractivity contribution in [2.45, 2.75) is 45.1 Å². The average molecular weight is 443 g/mol. The Bertz CT molecular complexity index is 932. The highest BCUT2D eigenvalue weighted by Gasteiger charge is 2.16. The summed E-state index contributed by atoms with van der Waals surface area (Å²) in [5, 5.41) is 11.8. The number of benzene rings is 2. The van der Waals surface area contributed by atoms with Crippen LogP contribution in [0.1, 0.15) is 49.1 Å². The zero-order valence-electron chi connectivity index (χ0n) is 17.8. The van der Waals surface area contributed by atoms with E-state index in [0.29, 0.717) is 37.2 Å². The van der Waals surface area contributed by atoms with Gasteiger partial charge in [-0.1, -0.05) is 55.8 Å². The number of hydrogen-bond donors (Lipinski definition) is 2.